The SMILES string of the molecule is CCc1ccc(-c2csc(NC(=O)[C@@H](C)OC(=O)Cc3cccs3)n2)cc1. The van der Waals surface area contributed by atoms with Gasteiger partial charge in [0.25, 0.3) is 5.91 Å². The Labute approximate surface area is 166 Å². The fraction of sp³-hybridized carbons (Fsp3) is 0.250. The lowest BCUT2D eigenvalue weighted by Gasteiger charge is -2.11. The second kappa shape index (κ2) is 8.92. The van der Waals surface area contributed by atoms with Gasteiger partial charge in [0.05, 0.1) is 12.1 Å². The third-order valence-electron chi connectivity index (χ3n) is 3.97. The van der Waals surface area contributed by atoms with Gasteiger partial charge in [-0.2, -0.15) is 0 Å². The largest absolute Gasteiger partial charge is 0.452 e. The van der Waals surface area contributed by atoms with E-state index in [0.717, 1.165) is 22.6 Å². The Kier molecular flexibility index (Phi) is 6.36. The van der Waals surface area contributed by atoms with Crippen LogP contribution in [0.1, 0.15) is 24.3 Å². The Hall–Kier alpha value is -2.51. The molecule has 7 heteroatoms. The maximum Gasteiger partial charge on any atom is 0.311 e. The summed E-state index contributed by atoms with van der Waals surface area (Å²) < 4.78 is 5.21. The first-order valence-corrected chi connectivity index (χ1v) is 10.4. The normalized spacial score (nSPS) is 11.8. The summed E-state index contributed by atoms with van der Waals surface area (Å²) in [6, 6.07) is 11.9. The van der Waals surface area contributed by atoms with Gasteiger partial charge in [-0.25, -0.2) is 4.98 Å². The van der Waals surface area contributed by atoms with E-state index < -0.39 is 18.0 Å². The quantitative estimate of drug-likeness (QED) is 0.591. The van der Waals surface area contributed by atoms with Crippen LogP contribution in [-0.4, -0.2) is 23.0 Å². The van der Waals surface area contributed by atoms with E-state index in [1.54, 1.807) is 6.92 Å². The zero-order chi connectivity index (χ0) is 19.2. The van der Waals surface area contributed by atoms with Crippen LogP contribution in [0.4, 0.5) is 5.13 Å². The van der Waals surface area contributed by atoms with Crippen molar-refractivity contribution in [2.75, 3.05) is 5.32 Å². The summed E-state index contributed by atoms with van der Waals surface area (Å²) in [6.45, 7) is 3.67. The first-order chi connectivity index (χ1) is 13.0. The van der Waals surface area contributed by atoms with Crippen LogP contribution in [0.5, 0.6) is 0 Å². The number of carbonyl (C=O) groups excluding carboxylic acids is 2. The fourth-order valence-electron chi connectivity index (χ4n) is 2.43. The van der Waals surface area contributed by atoms with E-state index >= 15 is 0 Å². The first-order valence-electron chi connectivity index (χ1n) is 8.62. The standard InChI is InChI=1S/C20H20N2O3S2/c1-3-14-6-8-15(9-7-14)17-12-27-20(21-17)22-19(24)13(2)25-18(23)11-16-5-4-10-26-16/h4-10,12-13H,3,11H2,1-2H3,(H,21,22,24)/t13-/m1/s1. The minimum atomic E-state index is -0.881. The molecule has 0 bridgehead atoms. The zero-order valence-electron chi connectivity index (χ0n) is 15.1. The number of nitrogens with zero attached hydrogens (tertiary/aromatic N) is 1. The molecule has 1 amide bonds. The van der Waals surface area contributed by atoms with Gasteiger partial charge in [0, 0.05) is 15.8 Å². The number of carbonyl (C=O) groups is 2. The van der Waals surface area contributed by atoms with Crippen LogP contribution in [0.25, 0.3) is 11.3 Å². The summed E-state index contributed by atoms with van der Waals surface area (Å²) in [4.78, 5) is 29.5. The summed E-state index contributed by atoms with van der Waals surface area (Å²) in [5.74, 6) is -0.812. The Morgan fingerprint density at radius 2 is 1.96 bits per heavy atom. The molecule has 140 valence electrons. The highest BCUT2D eigenvalue weighted by Crippen LogP contribution is 2.25. The van der Waals surface area contributed by atoms with E-state index in [1.165, 1.54) is 28.2 Å². The minimum absolute atomic E-state index is 0.171. The number of anilines is 1. The van der Waals surface area contributed by atoms with Crippen molar-refractivity contribution >= 4 is 39.7 Å². The molecule has 3 aromatic rings. The van der Waals surface area contributed by atoms with Crippen molar-refractivity contribution in [3.63, 3.8) is 0 Å². The van der Waals surface area contributed by atoms with E-state index in [1.807, 2.05) is 35.0 Å². The molecule has 0 aliphatic rings. The number of hydrogen-bond acceptors (Lipinski definition) is 6. The van der Waals surface area contributed by atoms with Crippen LogP contribution in [-0.2, 0) is 27.2 Å². The fourth-order valence-corrected chi connectivity index (χ4v) is 3.84. The molecule has 0 radical (unpaired) electrons. The van der Waals surface area contributed by atoms with Gasteiger partial charge >= 0.3 is 5.97 Å². The number of benzene rings is 1. The first kappa shape index (κ1) is 19.3. The number of nitrogens with one attached hydrogen (secondary N) is 1. The molecule has 2 aromatic heterocycles. The number of thiophene rings is 1. The summed E-state index contributed by atoms with van der Waals surface area (Å²) in [5.41, 5.74) is 3.07. The lowest BCUT2D eigenvalue weighted by molar-refractivity contribution is -0.152. The molecule has 0 spiro atoms. The third-order valence-corrected chi connectivity index (χ3v) is 5.60. The third kappa shape index (κ3) is 5.24. The predicted molar refractivity (Wildman–Crippen MR) is 109 cm³/mol. The second-order valence-electron chi connectivity index (χ2n) is 5.97. The number of esters is 1. The lowest BCUT2D eigenvalue weighted by atomic mass is 10.1. The number of aryl methyl sites for hydroxylation is 1. The highest BCUT2D eigenvalue weighted by molar-refractivity contribution is 7.14. The average Bonchev–Trinajstić information content (AvgIpc) is 3.33. The number of rotatable bonds is 7. The van der Waals surface area contributed by atoms with Crippen LogP contribution >= 0.6 is 22.7 Å². The van der Waals surface area contributed by atoms with Crippen LogP contribution in [0.3, 0.4) is 0 Å². The lowest BCUT2D eigenvalue weighted by Crippen LogP contribution is -2.30. The molecule has 0 aliphatic carbocycles. The second-order valence-corrected chi connectivity index (χ2v) is 7.86. The number of aromatic nitrogens is 1. The molecule has 0 fully saturated rings. The monoisotopic (exact) mass is 400 g/mol. The number of thiazole rings is 1. The van der Waals surface area contributed by atoms with Crippen molar-refractivity contribution in [2.45, 2.75) is 32.8 Å². The van der Waals surface area contributed by atoms with Gasteiger partial charge in [-0.3, -0.25) is 14.9 Å². The zero-order valence-corrected chi connectivity index (χ0v) is 16.7. The Morgan fingerprint density at radius 1 is 1.19 bits per heavy atom. The van der Waals surface area contributed by atoms with Crippen LogP contribution < -0.4 is 5.32 Å². The highest BCUT2D eigenvalue weighted by Gasteiger charge is 2.19. The van der Waals surface area contributed by atoms with Crippen molar-refractivity contribution in [3.05, 3.63) is 57.6 Å². The van der Waals surface area contributed by atoms with Crippen LogP contribution in [0.15, 0.2) is 47.2 Å². The maximum absolute atomic E-state index is 12.3. The van der Waals surface area contributed by atoms with E-state index in [4.69, 9.17) is 4.74 Å². The number of amides is 1. The van der Waals surface area contributed by atoms with Gasteiger partial charge in [-0.05, 0) is 30.4 Å². The van der Waals surface area contributed by atoms with E-state index in [-0.39, 0.29) is 6.42 Å². The molecule has 3 rings (SSSR count). The molecule has 1 aromatic carbocycles. The van der Waals surface area contributed by atoms with Gasteiger partial charge in [0.2, 0.25) is 0 Å². The Morgan fingerprint density at radius 3 is 2.63 bits per heavy atom. The topological polar surface area (TPSA) is 68.3 Å². The molecule has 0 aliphatic heterocycles. The smallest absolute Gasteiger partial charge is 0.311 e. The molecule has 27 heavy (non-hydrogen) atoms. The van der Waals surface area contributed by atoms with E-state index in [0.29, 0.717) is 5.13 Å². The molecular formula is C20H20N2O3S2. The van der Waals surface area contributed by atoms with Crippen molar-refractivity contribution in [3.8, 4) is 11.3 Å². The summed E-state index contributed by atoms with van der Waals surface area (Å²) in [6.07, 6.45) is 0.278. The molecule has 0 saturated carbocycles. The summed E-state index contributed by atoms with van der Waals surface area (Å²) in [7, 11) is 0. The van der Waals surface area contributed by atoms with Crippen molar-refractivity contribution in [2.24, 2.45) is 0 Å². The molecular weight excluding hydrogens is 380 g/mol. The maximum atomic E-state index is 12.3. The minimum Gasteiger partial charge on any atom is -0.452 e. The van der Waals surface area contributed by atoms with Crippen molar-refractivity contribution in [1.82, 2.24) is 4.98 Å². The Balaban J connectivity index is 1.55. The van der Waals surface area contributed by atoms with Gasteiger partial charge in [0.15, 0.2) is 11.2 Å². The Bertz CT molecular complexity index is 902. The van der Waals surface area contributed by atoms with Gasteiger partial charge in [-0.1, -0.05) is 37.3 Å². The number of ether oxygens (including phenoxy) is 1. The van der Waals surface area contributed by atoms with Crippen LogP contribution in [0.2, 0.25) is 0 Å². The van der Waals surface area contributed by atoms with Gasteiger partial charge < -0.3 is 4.74 Å². The summed E-state index contributed by atoms with van der Waals surface area (Å²) >= 11 is 2.82. The van der Waals surface area contributed by atoms with Crippen LogP contribution in [0, 0.1) is 0 Å². The summed E-state index contributed by atoms with van der Waals surface area (Å²) in [5, 5.41) is 6.98. The molecule has 1 N–H and O–H groups in total. The molecule has 0 unspecified atom stereocenters. The van der Waals surface area contributed by atoms with Gasteiger partial charge in [0.1, 0.15) is 0 Å². The predicted octanol–water partition coefficient (Wildman–Crippen LogP) is 4.55. The van der Waals surface area contributed by atoms with E-state index in [2.05, 4.69) is 29.4 Å². The average molecular weight is 401 g/mol. The molecule has 0 saturated heterocycles. The molecule has 1 atom stereocenters. The van der Waals surface area contributed by atoms with Crippen molar-refractivity contribution < 1.29 is 14.3 Å². The molecule has 2 heterocycles. The van der Waals surface area contributed by atoms with Gasteiger partial charge in [-0.15, -0.1) is 22.7 Å². The van der Waals surface area contributed by atoms with Crippen molar-refractivity contribution in [1.29, 1.82) is 0 Å². The van der Waals surface area contributed by atoms with E-state index in [9.17, 15) is 9.59 Å². The number of hydrogen-bond donors (Lipinski definition) is 1. The molecule has 5 nitrogen and oxygen atoms in total. The highest BCUT2D eigenvalue weighted by atomic mass is 32.1.